The molecule has 2 atom stereocenters. The highest BCUT2D eigenvalue weighted by Gasteiger charge is 2.27. The second-order valence-electron chi connectivity index (χ2n) is 5.27. The summed E-state index contributed by atoms with van der Waals surface area (Å²) >= 11 is 0. The average Bonchev–Trinajstić information content (AvgIpc) is 2.78. The summed E-state index contributed by atoms with van der Waals surface area (Å²) in [5.41, 5.74) is 1.10. The first-order valence-corrected chi connectivity index (χ1v) is 6.85. The van der Waals surface area contributed by atoms with E-state index < -0.39 is 0 Å². The van der Waals surface area contributed by atoms with Crippen molar-refractivity contribution < 1.29 is 4.39 Å². The van der Waals surface area contributed by atoms with Gasteiger partial charge < -0.3 is 5.32 Å². The fourth-order valence-corrected chi connectivity index (χ4v) is 3.02. The van der Waals surface area contributed by atoms with Gasteiger partial charge in [0.05, 0.1) is 0 Å². The zero-order valence-electron chi connectivity index (χ0n) is 11.3. The Kier molecular flexibility index (Phi) is 4.72. The van der Waals surface area contributed by atoms with Gasteiger partial charge in [0, 0.05) is 18.6 Å². The molecule has 0 radical (unpaired) electrons. The van der Waals surface area contributed by atoms with E-state index in [1.807, 2.05) is 13.1 Å². The second-order valence-corrected chi connectivity index (χ2v) is 5.27. The van der Waals surface area contributed by atoms with Gasteiger partial charge in [-0.1, -0.05) is 12.1 Å². The fourth-order valence-electron chi connectivity index (χ4n) is 3.02. The molecule has 1 aromatic rings. The number of halogens is 1. The summed E-state index contributed by atoms with van der Waals surface area (Å²) in [4.78, 5) is 2.56. The third-order valence-corrected chi connectivity index (χ3v) is 3.85. The van der Waals surface area contributed by atoms with Gasteiger partial charge in [0.2, 0.25) is 0 Å². The molecular formula is C15H23FN2. The lowest BCUT2D eigenvalue weighted by molar-refractivity contribution is 0.188. The zero-order chi connectivity index (χ0) is 13.0. The number of hydrogen-bond acceptors (Lipinski definition) is 2. The molecule has 0 spiro atoms. The van der Waals surface area contributed by atoms with E-state index >= 15 is 0 Å². The maximum atomic E-state index is 13.2. The van der Waals surface area contributed by atoms with Gasteiger partial charge in [-0.05, 0) is 57.5 Å². The molecule has 2 unspecified atom stereocenters. The summed E-state index contributed by atoms with van der Waals surface area (Å²) in [7, 11) is 2.01. The molecule has 1 fully saturated rings. The van der Waals surface area contributed by atoms with Crippen LogP contribution in [0.4, 0.5) is 4.39 Å². The molecule has 2 nitrogen and oxygen atoms in total. The first-order chi connectivity index (χ1) is 8.70. The highest BCUT2D eigenvalue weighted by Crippen LogP contribution is 2.21. The van der Waals surface area contributed by atoms with Crippen LogP contribution >= 0.6 is 0 Å². The van der Waals surface area contributed by atoms with Crippen LogP contribution in [0.1, 0.15) is 25.3 Å². The summed E-state index contributed by atoms with van der Waals surface area (Å²) in [5, 5.41) is 3.27. The van der Waals surface area contributed by atoms with Crippen molar-refractivity contribution >= 4 is 0 Å². The summed E-state index contributed by atoms with van der Waals surface area (Å²) in [5.74, 6) is -0.132. The van der Waals surface area contributed by atoms with Crippen LogP contribution in [0.15, 0.2) is 24.3 Å². The van der Waals surface area contributed by atoms with Crippen LogP contribution in [0.2, 0.25) is 0 Å². The predicted octanol–water partition coefficient (Wildman–Crippen LogP) is 2.44. The molecule has 2 rings (SSSR count). The van der Waals surface area contributed by atoms with E-state index in [0.717, 1.165) is 18.5 Å². The van der Waals surface area contributed by atoms with Gasteiger partial charge >= 0.3 is 0 Å². The third-order valence-electron chi connectivity index (χ3n) is 3.85. The number of benzene rings is 1. The lowest BCUT2D eigenvalue weighted by Crippen LogP contribution is -2.43. The van der Waals surface area contributed by atoms with E-state index in [1.54, 1.807) is 12.1 Å². The van der Waals surface area contributed by atoms with Crippen LogP contribution in [0.3, 0.4) is 0 Å². The molecule has 1 aromatic carbocycles. The van der Waals surface area contributed by atoms with Gasteiger partial charge in [-0.2, -0.15) is 0 Å². The van der Waals surface area contributed by atoms with Crippen LogP contribution in [-0.4, -0.2) is 37.1 Å². The molecule has 0 aromatic heterocycles. The van der Waals surface area contributed by atoms with Crippen molar-refractivity contribution in [2.24, 2.45) is 0 Å². The molecule has 0 aliphatic carbocycles. The summed E-state index contributed by atoms with van der Waals surface area (Å²) in [6, 6.07) is 8.09. The first kappa shape index (κ1) is 13.5. The Morgan fingerprint density at radius 1 is 1.50 bits per heavy atom. The maximum Gasteiger partial charge on any atom is 0.123 e. The topological polar surface area (TPSA) is 15.3 Å². The van der Waals surface area contributed by atoms with Crippen molar-refractivity contribution in [3.63, 3.8) is 0 Å². The van der Waals surface area contributed by atoms with E-state index in [1.165, 1.54) is 25.5 Å². The van der Waals surface area contributed by atoms with Gasteiger partial charge in [-0.25, -0.2) is 4.39 Å². The fraction of sp³-hybridized carbons (Fsp3) is 0.600. The predicted molar refractivity (Wildman–Crippen MR) is 73.2 cm³/mol. The van der Waals surface area contributed by atoms with Crippen molar-refractivity contribution in [2.45, 2.75) is 38.3 Å². The quantitative estimate of drug-likeness (QED) is 0.863. The molecule has 0 amide bonds. The Morgan fingerprint density at radius 3 is 3.06 bits per heavy atom. The van der Waals surface area contributed by atoms with Gasteiger partial charge in [-0.15, -0.1) is 0 Å². The second kappa shape index (κ2) is 6.30. The third kappa shape index (κ3) is 3.30. The van der Waals surface area contributed by atoms with Crippen molar-refractivity contribution in [1.82, 2.24) is 10.2 Å². The minimum Gasteiger partial charge on any atom is -0.318 e. The molecule has 0 bridgehead atoms. The van der Waals surface area contributed by atoms with Crippen LogP contribution in [0, 0.1) is 5.82 Å². The highest BCUT2D eigenvalue weighted by atomic mass is 19.1. The Morgan fingerprint density at radius 2 is 2.33 bits per heavy atom. The summed E-state index contributed by atoms with van der Waals surface area (Å²) < 4.78 is 13.2. The smallest absolute Gasteiger partial charge is 0.123 e. The first-order valence-electron chi connectivity index (χ1n) is 6.85. The van der Waals surface area contributed by atoms with Crippen LogP contribution in [-0.2, 0) is 6.42 Å². The average molecular weight is 250 g/mol. The number of nitrogens with one attached hydrogen (secondary N) is 1. The molecule has 18 heavy (non-hydrogen) atoms. The monoisotopic (exact) mass is 250 g/mol. The lowest BCUT2D eigenvalue weighted by atomic mass is 10.0. The number of nitrogens with zero attached hydrogens (tertiary/aromatic N) is 1. The lowest BCUT2D eigenvalue weighted by Gasteiger charge is -2.30. The minimum atomic E-state index is -0.132. The molecular weight excluding hydrogens is 227 g/mol. The van der Waals surface area contributed by atoms with E-state index in [0.29, 0.717) is 12.1 Å². The maximum absolute atomic E-state index is 13.2. The Balaban J connectivity index is 1.96. The number of likely N-dealkylation sites (tertiary alicyclic amines) is 1. The summed E-state index contributed by atoms with van der Waals surface area (Å²) in [6.07, 6.45) is 3.48. The molecule has 100 valence electrons. The van der Waals surface area contributed by atoms with Crippen molar-refractivity contribution in [3.05, 3.63) is 35.6 Å². The summed E-state index contributed by atoms with van der Waals surface area (Å²) in [6.45, 7) is 4.47. The molecule has 1 heterocycles. The van der Waals surface area contributed by atoms with Crippen LogP contribution in [0.25, 0.3) is 0 Å². The van der Waals surface area contributed by atoms with Gasteiger partial charge in [0.15, 0.2) is 0 Å². The van der Waals surface area contributed by atoms with Crippen LogP contribution in [0.5, 0.6) is 0 Å². The molecule has 1 aliphatic rings. The van der Waals surface area contributed by atoms with Crippen LogP contribution < -0.4 is 5.32 Å². The van der Waals surface area contributed by atoms with E-state index in [9.17, 15) is 4.39 Å². The Hall–Kier alpha value is -0.930. The van der Waals surface area contributed by atoms with Crippen molar-refractivity contribution in [3.8, 4) is 0 Å². The molecule has 3 heteroatoms. The normalized spacial score (nSPS) is 22.3. The SMILES string of the molecule is CNCC1CCCN1C(C)Cc1cccc(F)c1. The van der Waals surface area contributed by atoms with Gasteiger partial charge in [0.25, 0.3) is 0 Å². The number of likely N-dealkylation sites (N-methyl/N-ethyl adjacent to an activating group) is 1. The Labute approximate surface area is 109 Å². The largest absolute Gasteiger partial charge is 0.318 e. The standard InChI is InChI=1S/C15H23FN2/c1-12(9-13-5-3-6-14(16)10-13)18-8-4-7-15(18)11-17-2/h3,5-6,10,12,15,17H,4,7-9,11H2,1-2H3. The van der Waals surface area contributed by atoms with E-state index in [2.05, 4.69) is 17.1 Å². The molecule has 1 N–H and O–H groups in total. The number of rotatable bonds is 5. The van der Waals surface area contributed by atoms with Crippen molar-refractivity contribution in [1.29, 1.82) is 0 Å². The Bertz CT molecular complexity index is 381. The van der Waals surface area contributed by atoms with Crippen molar-refractivity contribution in [2.75, 3.05) is 20.1 Å². The zero-order valence-corrected chi connectivity index (χ0v) is 11.3. The molecule has 1 aliphatic heterocycles. The van der Waals surface area contributed by atoms with E-state index in [4.69, 9.17) is 0 Å². The highest BCUT2D eigenvalue weighted by molar-refractivity contribution is 5.17. The minimum absolute atomic E-state index is 0.132. The van der Waals surface area contributed by atoms with E-state index in [-0.39, 0.29) is 5.82 Å². The molecule has 1 saturated heterocycles. The van der Waals surface area contributed by atoms with Gasteiger partial charge in [0.1, 0.15) is 5.82 Å². The van der Waals surface area contributed by atoms with Gasteiger partial charge in [-0.3, -0.25) is 4.90 Å². The molecule has 0 saturated carbocycles. The number of hydrogen-bond donors (Lipinski definition) is 1.